The van der Waals surface area contributed by atoms with Gasteiger partial charge in [-0.2, -0.15) is 0 Å². The Labute approximate surface area is 155 Å². The minimum absolute atomic E-state index is 0.372. The number of pyridine rings is 1. The summed E-state index contributed by atoms with van der Waals surface area (Å²) in [5.74, 6) is -1.50. The molecule has 4 amide bonds. The standard InChI is InChI=1S/C19H19FN4O3/c1-12(15-5-3-4-10-21-15)22-16(25)11-24-17(26)19(2,23-18(24)27)13-6-8-14(20)9-7-13/h3-10,12H,11H2,1-2H3,(H,22,25)(H,23,27). The van der Waals surface area contributed by atoms with E-state index in [0.717, 1.165) is 4.90 Å². The van der Waals surface area contributed by atoms with Gasteiger partial charge >= 0.3 is 6.03 Å². The number of nitrogens with zero attached hydrogens (tertiary/aromatic N) is 2. The molecule has 1 aliphatic rings. The lowest BCUT2D eigenvalue weighted by Gasteiger charge is -2.22. The van der Waals surface area contributed by atoms with Gasteiger partial charge in [-0.05, 0) is 43.7 Å². The highest BCUT2D eigenvalue weighted by Gasteiger charge is 2.49. The summed E-state index contributed by atoms with van der Waals surface area (Å²) in [5.41, 5.74) is -0.247. The third kappa shape index (κ3) is 3.64. The zero-order chi connectivity index (χ0) is 19.6. The molecule has 0 aliphatic carbocycles. The van der Waals surface area contributed by atoms with Gasteiger partial charge in [-0.3, -0.25) is 19.5 Å². The van der Waals surface area contributed by atoms with Gasteiger partial charge in [0, 0.05) is 6.20 Å². The Morgan fingerprint density at radius 3 is 2.59 bits per heavy atom. The van der Waals surface area contributed by atoms with Crippen LogP contribution in [0.3, 0.4) is 0 Å². The fourth-order valence-corrected chi connectivity index (χ4v) is 2.96. The van der Waals surface area contributed by atoms with Crippen LogP contribution < -0.4 is 10.6 Å². The maximum atomic E-state index is 13.1. The zero-order valence-electron chi connectivity index (χ0n) is 14.9. The summed E-state index contributed by atoms with van der Waals surface area (Å²) in [6.07, 6.45) is 1.61. The van der Waals surface area contributed by atoms with E-state index in [1.165, 1.54) is 31.2 Å². The predicted molar refractivity (Wildman–Crippen MR) is 94.8 cm³/mol. The van der Waals surface area contributed by atoms with Crippen LogP contribution in [0.25, 0.3) is 0 Å². The summed E-state index contributed by atoms with van der Waals surface area (Å²) < 4.78 is 13.1. The van der Waals surface area contributed by atoms with E-state index in [2.05, 4.69) is 15.6 Å². The molecular weight excluding hydrogens is 351 g/mol. The topological polar surface area (TPSA) is 91.4 Å². The first-order valence-electron chi connectivity index (χ1n) is 8.41. The van der Waals surface area contributed by atoms with Crippen LogP contribution in [-0.2, 0) is 15.1 Å². The van der Waals surface area contributed by atoms with Crippen molar-refractivity contribution in [1.29, 1.82) is 0 Å². The number of amides is 4. The van der Waals surface area contributed by atoms with Crippen LogP contribution in [0.5, 0.6) is 0 Å². The molecular formula is C19H19FN4O3. The summed E-state index contributed by atoms with van der Waals surface area (Å²) >= 11 is 0. The number of benzene rings is 1. The maximum Gasteiger partial charge on any atom is 0.325 e. The number of halogens is 1. The third-order valence-electron chi connectivity index (χ3n) is 4.51. The normalized spacial score (nSPS) is 20.3. The molecule has 2 aromatic rings. The summed E-state index contributed by atoms with van der Waals surface area (Å²) in [5, 5.41) is 5.29. The Morgan fingerprint density at radius 2 is 1.96 bits per heavy atom. The lowest BCUT2D eigenvalue weighted by molar-refractivity contribution is -0.135. The Kier molecular flexibility index (Phi) is 4.89. The quantitative estimate of drug-likeness (QED) is 0.786. The van der Waals surface area contributed by atoms with Crippen molar-refractivity contribution in [1.82, 2.24) is 20.5 Å². The molecule has 8 heteroatoms. The highest BCUT2D eigenvalue weighted by Crippen LogP contribution is 2.28. The van der Waals surface area contributed by atoms with Crippen LogP contribution >= 0.6 is 0 Å². The van der Waals surface area contributed by atoms with E-state index >= 15 is 0 Å². The van der Waals surface area contributed by atoms with Crippen LogP contribution in [0, 0.1) is 5.82 Å². The van der Waals surface area contributed by atoms with Gasteiger partial charge in [0.05, 0.1) is 11.7 Å². The summed E-state index contributed by atoms with van der Waals surface area (Å²) in [6, 6.07) is 9.58. The fourth-order valence-electron chi connectivity index (χ4n) is 2.96. The molecule has 3 rings (SSSR count). The lowest BCUT2D eigenvalue weighted by atomic mass is 9.92. The fraction of sp³-hybridized carbons (Fsp3) is 0.263. The van der Waals surface area contributed by atoms with Gasteiger partial charge in [0.25, 0.3) is 5.91 Å². The van der Waals surface area contributed by atoms with Crippen LogP contribution in [0.1, 0.15) is 31.1 Å². The number of hydrogen-bond donors (Lipinski definition) is 2. The minimum Gasteiger partial charge on any atom is -0.346 e. The molecule has 7 nitrogen and oxygen atoms in total. The molecule has 0 spiro atoms. The third-order valence-corrected chi connectivity index (χ3v) is 4.51. The smallest absolute Gasteiger partial charge is 0.325 e. The van der Waals surface area contributed by atoms with E-state index in [0.29, 0.717) is 11.3 Å². The minimum atomic E-state index is -1.35. The van der Waals surface area contributed by atoms with Crippen molar-refractivity contribution < 1.29 is 18.8 Å². The monoisotopic (exact) mass is 370 g/mol. The summed E-state index contributed by atoms with van der Waals surface area (Å²) in [7, 11) is 0. The molecule has 1 saturated heterocycles. The summed E-state index contributed by atoms with van der Waals surface area (Å²) in [4.78, 5) is 42.3. The molecule has 1 fully saturated rings. The maximum absolute atomic E-state index is 13.1. The first-order valence-corrected chi connectivity index (χ1v) is 8.41. The van der Waals surface area contributed by atoms with Crippen molar-refractivity contribution in [3.05, 3.63) is 65.7 Å². The highest BCUT2D eigenvalue weighted by molar-refractivity contribution is 6.09. The van der Waals surface area contributed by atoms with Gasteiger partial charge in [0.1, 0.15) is 17.9 Å². The number of rotatable bonds is 5. The zero-order valence-corrected chi connectivity index (χ0v) is 14.9. The average molecular weight is 370 g/mol. The Morgan fingerprint density at radius 1 is 1.26 bits per heavy atom. The second-order valence-electron chi connectivity index (χ2n) is 6.50. The van der Waals surface area contributed by atoms with Crippen LogP contribution in [-0.4, -0.2) is 34.3 Å². The highest BCUT2D eigenvalue weighted by atomic mass is 19.1. The van der Waals surface area contributed by atoms with Crippen LogP contribution in [0.2, 0.25) is 0 Å². The van der Waals surface area contributed by atoms with Crippen molar-refractivity contribution in [3.63, 3.8) is 0 Å². The second kappa shape index (κ2) is 7.14. The number of nitrogens with one attached hydrogen (secondary N) is 2. The Bertz CT molecular complexity index is 872. The van der Waals surface area contributed by atoms with Crippen LogP contribution in [0.15, 0.2) is 48.7 Å². The first-order chi connectivity index (χ1) is 12.8. The van der Waals surface area contributed by atoms with E-state index in [-0.39, 0.29) is 6.04 Å². The Balaban J connectivity index is 1.70. The molecule has 1 aliphatic heterocycles. The molecule has 0 radical (unpaired) electrons. The van der Waals surface area contributed by atoms with E-state index in [1.54, 1.807) is 31.3 Å². The molecule has 27 heavy (non-hydrogen) atoms. The molecule has 140 valence electrons. The second-order valence-corrected chi connectivity index (χ2v) is 6.50. The van der Waals surface area contributed by atoms with Crippen molar-refractivity contribution in [2.24, 2.45) is 0 Å². The number of aromatic nitrogens is 1. The van der Waals surface area contributed by atoms with Gasteiger partial charge < -0.3 is 10.6 Å². The Hall–Kier alpha value is -3.29. The number of urea groups is 1. The number of hydrogen-bond acceptors (Lipinski definition) is 4. The van der Waals surface area contributed by atoms with E-state index in [4.69, 9.17) is 0 Å². The number of carbonyl (C=O) groups excluding carboxylic acids is 3. The lowest BCUT2D eigenvalue weighted by Crippen LogP contribution is -2.43. The molecule has 0 saturated carbocycles. The van der Waals surface area contributed by atoms with Crippen LogP contribution in [0.4, 0.5) is 9.18 Å². The number of imide groups is 1. The SMILES string of the molecule is CC(NC(=O)CN1C(=O)NC(C)(c2ccc(F)cc2)C1=O)c1ccccn1. The van der Waals surface area contributed by atoms with E-state index in [1.807, 2.05) is 0 Å². The van der Waals surface area contributed by atoms with Crippen molar-refractivity contribution in [2.75, 3.05) is 6.54 Å². The van der Waals surface area contributed by atoms with Gasteiger partial charge in [-0.15, -0.1) is 0 Å². The van der Waals surface area contributed by atoms with Crippen molar-refractivity contribution >= 4 is 17.8 Å². The molecule has 2 atom stereocenters. The van der Waals surface area contributed by atoms with Gasteiger partial charge in [-0.1, -0.05) is 18.2 Å². The molecule has 2 heterocycles. The predicted octanol–water partition coefficient (Wildman–Crippen LogP) is 1.87. The van der Waals surface area contributed by atoms with Gasteiger partial charge in [-0.25, -0.2) is 9.18 Å². The van der Waals surface area contributed by atoms with E-state index in [9.17, 15) is 18.8 Å². The van der Waals surface area contributed by atoms with Gasteiger partial charge in [0.15, 0.2) is 0 Å². The van der Waals surface area contributed by atoms with Crippen molar-refractivity contribution in [3.8, 4) is 0 Å². The molecule has 2 unspecified atom stereocenters. The molecule has 1 aromatic carbocycles. The first kappa shape index (κ1) is 18.5. The average Bonchev–Trinajstić information content (AvgIpc) is 2.87. The van der Waals surface area contributed by atoms with Crippen molar-refractivity contribution in [2.45, 2.75) is 25.4 Å². The molecule has 0 bridgehead atoms. The number of carbonyl (C=O) groups is 3. The molecule has 1 aromatic heterocycles. The molecule has 2 N–H and O–H groups in total. The van der Waals surface area contributed by atoms with E-state index < -0.39 is 35.7 Å². The largest absolute Gasteiger partial charge is 0.346 e. The van der Waals surface area contributed by atoms with Gasteiger partial charge in [0.2, 0.25) is 5.91 Å². The summed E-state index contributed by atoms with van der Waals surface area (Å²) in [6.45, 7) is 2.86.